The fourth-order valence-corrected chi connectivity index (χ4v) is 2.65. The van der Waals surface area contributed by atoms with Gasteiger partial charge in [-0.2, -0.15) is 0 Å². The maximum Gasteiger partial charge on any atom is 0.233 e. The van der Waals surface area contributed by atoms with Gasteiger partial charge in [0.05, 0.1) is 17.9 Å². The summed E-state index contributed by atoms with van der Waals surface area (Å²) in [6.07, 6.45) is 2.11. The van der Waals surface area contributed by atoms with Gasteiger partial charge in [-0.05, 0) is 24.5 Å². The summed E-state index contributed by atoms with van der Waals surface area (Å²) >= 11 is 1.72. The van der Waals surface area contributed by atoms with Crippen LogP contribution in [-0.4, -0.2) is 34.7 Å². The summed E-state index contributed by atoms with van der Waals surface area (Å²) in [5, 5.41) is 12.1. The highest BCUT2D eigenvalue weighted by atomic mass is 32.2. The summed E-state index contributed by atoms with van der Waals surface area (Å²) in [5.74, 6) is 1.47. The van der Waals surface area contributed by atoms with Crippen molar-refractivity contribution in [3.05, 3.63) is 0 Å². The van der Waals surface area contributed by atoms with E-state index >= 15 is 0 Å². The molecule has 0 aromatic carbocycles. The number of hydrogen-bond donors (Lipinski definition) is 2. The zero-order chi connectivity index (χ0) is 10.6. The lowest BCUT2D eigenvalue weighted by atomic mass is 10.1. The van der Waals surface area contributed by atoms with Crippen molar-refractivity contribution in [3.63, 3.8) is 0 Å². The molecule has 4 heteroatoms. The number of carbonyl (C=O) groups excluding carboxylic acids is 1. The van der Waals surface area contributed by atoms with Gasteiger partial charge in [0.2, 0.25) is 5.91 Å². The number of aliphatic hydroxyl groups excluding tert-OH is 1. The van der Waals surface area contributed by atoms with Gasteiger partial charge in [0, 0.05) is 0 Å². The Labute approximate surface area is 89.6 Å². The van der Waals surface area contributed by atoms with E-state index in [1.165, 1.54) is 0 Å². The highest BCUT2D eigenvalue weighted by molar-refractivity contribution is 8.00. The van der Waals surface area contributed by atoms with Gasteiger partial charge in [0.25, 0.3) is 0 Å². The third-order valence-electron chi connectivity index (χ3n) is 2.55. The Bertz CT molecular complexity index is 191. The molecule has 0 radical (unpaired) electrons. The SMILES string of the molecule is CC(C)[C@@H](CO)NC(=O)C1CCCS1. The number of hydrogen-bond acceptors (Lipinski definition) is 3. The van der Waals surface area contributed by atoms with Crippen LogP contribution in [0.15, 0.2) is 0 Å². The van der Waals surface area contributed by atoms with Gasteiger partial charge < -0.3 is 10.4 Å². The van der Waals surface area contributed by atoms with Crippen molar-refractivity contribution in [2.75, 3.05) is 12.4 Å². The van der Waals surface area contributed by atoms with Crippen LogP contribution in [0.5, 0.6) is 0 Å². The average Bonchev–Trinajstić information content (AvgIpc) is 2.65. The lowest BCUT2D eigenvalue weighted by Gasteiger charge is -2.21. The van der Waals surface area contributed by atoms with E-state index in [2.05, 4.69) is 5.32 Å². The molecule has 0 bridgehead atoms. The molecular weight excluding hydrogens is 198 g/mol. The minimum absolute atomic E-state index is 0.0286. The molecule has 0 spiro atoms. The average molecular weight is 217 g/mol. The molecule has 1 amide bonds. The Hall–Kier alpha value is -0.220. The summed E-state index contributed by atoms with van der Waals surface area (Å²) < 4.78 is 0. The normalized spacial score (nSPS) is 23.9. The van der Waals surface area contributed by atoms with Crippen molar-refractivity contribution in [1.82, 2.24) is 5.32 Å². The van der Waals surface area contributed by atoms with Gasteiger partial charge in [-0.3, -0.25) is 4.79 Å². The molecule has 0 aliphatic carbocycles. The third-order valence-corrected chi connectivity index (χ3v) is 3.93. The number of amides is 1. The molecule has 0 saturated carbocycles. The first-order valence-electron chi connectivity index (χ1n) is 5.18. The second-order valence-corrected chi connectivity index (χ2v) is 5.35. The van der Waals surface area contributed by atoms with Crippen LogP contribution >= 0.6 is 11.8 Å². The minimum atomic E-state index is -0.0938. The second kappa shape index (κ2) is 5.61. The molecule has 1 saturated heterocycles. The number of aliphatic hydroxyl groups is 1. The Morgan fingerprint density at radius 1 is 1.64 bits per heavy atom. The van der Waals surface area contributed by atoms with Gasteiger partial charge in [0.15, 0.2) is 0 Å². The molecule has 0 aromatic rings. The predicted molar refractivity (Wildman–Crippen MR) is 59.3 cm³/mol. The maximum absolute atomic E-state index is 11.7. The van der Waals surface area contributed by atoms with E-state index in [4.69, 9.17) is 5.11 Å². The molecule has 1 heterocycles. The largest absolute Gasteiger partial charge is 0.394 e. The highest BCUT2D eigenvalue weighted by Crippen LogP contribution is 2.26. The molecule has 3 nitrogen and oxygen atoms in total. The minimum Gasteiger partial charge on any atom is -0.394 e. The first kappa shape index (κ1) is 11.9. The van der Waals surface area contributed by atoms with Gasteiger partial charge in [-0.1, -0.05) is 13.8 Å². The molecule has 2 atom stereocenters. The lowest BCUT2D eigenvalue weighted by molar-refractivity contribution is -0.121. The number of nitrogens with one attached hydrogen (secondary N) is 1. The van der Waals surface area contributed by atoms with Gasteiger partial charge in [-0.25, -0.2) is 0 Å². The first-order valence-corrected chi connectivity index (χ1v) is 6.23. The van der Waals surface area contributed by atoms with Crippen LogP contribution in [0.4, 0.5) is 0 Å². The standard InChI is InChI=1S/C10H19NO2S/c1-7(2)8(6-12)11-10(13)9-4-3-5-14-9/h7-9,12H,3-6H2,1-2H3,(H,11,13)/t8-,9?/m1/s1. The van der Waals surface area contributed by atoms with E-state index in [1.54, 1.807) is 11.8 Å². The third kappa shape index (κ3) is 3.17. The number of rotatable bonds is 4. The Morgan fingerprint density at radius 3 is 2.79 bits per heavy atom. The van der Waals surface area contributed by atoms with E-state index in [-0.39, 0.29) is 29.7 Å². The van der Waals surface area contributed by atoms with Crippen molar-refractivity contribution < 1.29 is 9.90 Å². The summed E-state index contributed by atoms with van der Waals surface area (Å²) in [6, 6.07) is -0.0938. The van der Waals surface area contributed by atoms with Crippen LogP contribution in [0.3, 0.4) is 0 Å². The molecule has 1 aliphatic rings. The fourth-order valence-electron chi connectivity index (χ4n) is 1.48. The molecule has 82 valence electrons. The van der Waals surface area contributed by atoms with Crippen molar-refractivity contribution in [2.45, 2.75) is 38.0 Å². The van der Waals surface area contributed by atoms with Gasteiger partial charge in [0.1, 0.15) is 0 Å². The molecular formula is C10H19NO2S. The molecule has 2 N–H and O–H groups in total. The summed E-state index contributed by atoms with van der Waals surface area (Å²) in [4.78, 5) is 11.7. The smallest absolute Gasteiger partial charge is 0.233 e. The topological polar surface area (TPSA) is 49.3 Å². The van der Waals surface area contributed by atoms with Crippen LogP contribution in [0.2, 0.25) is 0 Å². The van der Waals surface area contributed by atoms with Crippen molar-refractivity contribution in [2.24, 2.45) is 5.92 Å². The molecule has 0 aromatic heterocycles. The van der Waals surface area contributed by atoms with Crippen molar-refractivity contribution in [1.29, 1.82) is 0 Å². The van der Waals surface area contributed by atoms with Crippen LogP contribution in [-0.2, 0) is 4.79 Å². The van der Waals surface area contributed by atoms with E-state index in [0.29, 0.717) is 0 Å². The molecule has 14 heavy (non-hydrogen) atoms. The molecule has 1 aliphatic heterocycles. The van der Waals surface area contributed by atoms with E-state index in [9.17, 15) is 4.79 Å². The van der Waals surface area contributed by atoms with Gasteiger partial charge >= 0.3 is 0 Å². The zero-order valence-corrected chi connectivity index (χ0v) is 9.64. The van der Waals surface area contributed by atoms with Crippen LogP contribution in [0.1, 0.15) is 26.7 Å². The molecule has 1 rings (SSSR count). The van der Waals surface area contributed by atoms with Crippen LogP contribution in [0, 0.1) is 5.92 Å². The lowest BCUT2D eigenvalue weighted by Crippen LogP contribution is -2.44. The van der Waals surface area contributed by atoms with Crippen LogP contribution < -0.4 is 5.32 Å². The fraction of sp³-hybridized carbons (Fsp3) is 0.900. The summed E-state index contributed by atoms with van der Waals surface area (Å²) in [7, 11) is 0. The van der Waals surface area contributed by atoms with Crippen molar-refractivity contribution in [3.8, 4) is 0 Å². The van der Waals surface area contributed by atoms with Crippen molar-refractivity contribution >= 4 is 17.7 Å². The number of carbonyl (C=O) groups is 1. The Morgan fingerprint density at radius 2 is 2.36 bits per heavy atom. The van der Waals surface area contributed by atoms with E-state index in [0.717, 1.165) is 18.6 Å². The Kier molecular flexibility index (Phi) is 4.75. The predicted octanol–water partition coefficient (Wildman–Crippen LogP) is 1.02. The monoisotopic (exact) mass is 217 g/mol. The zero-order valence-electron chi connectivity index (χ0n) is 8.82. The second-order valence-electron chi connectivity index (χ2n) is 4.04. The van der Waals surface area contributed by atoms with Gasteiger partial charge in [-0.15, -0.1) is 11.8 Å². The summed E-state index contributed by atoms with van der Waals surface area (Å²) in [5.41, 5.74) is 0. The van der Waals surface area contributed by atoms with E-state index in [1.807, 2.05) is 13.8 Å². The summed E-state index contributed by atoms with van der Waals surface area (Å²) in [6.45, 7) is 4.03. The van der Waals surface area contributed by atoms with E-state index < -0.39 is 0 Å². The quantitative estimate of drug-likeness (QED) is 0.739. The highest BCUT2D eigenvalue weighted by Gasteiger charge is 2.25. The number of thioether (sulfide) groups is 1. The Balaban J connectivity index is 2.37. The van der Waals surface area contributed by atoms with Crippen LogP contribution in [0.25, 0.3) is 0 Å². The molecule has 1 fully saturated rings. The first-order chi connectivity index (χ1) is 6.65. The molecule has 1 unspecified atom stereocenters. The maximum atomic E-state index is 11.7.